The molecule has 0 spiro atoms. The molecule has 1 aliphatic carbocycles. The number of rotatable bonds is 3. The molecule has 0 amide bonds. The van der Waals surface area contributed by atoms with Gasteiger partial charge in [-0.2, -0.15) is 0 Å². The fraction of sp³-hybridized carbons (Fsp3) is 0.818. The molecule has 1 rings (SSSR count). The molecule has 0 radical (unpaired) electrons. The second-order valence-electron chi connectivity index (χ2n) is 5.02. The van der Waals surface area contributed by atoms with Crippen LogP contribution in [-0.4, -0.2) is 36.8 Å². The van der Waals surface area contributed by atoms with E-state index in [1.165, 1.54) is 0 Å². The van der Waals surface area contributed by atoms with E-state index in [2.05, 4.69) is 13.1 Å². The van der Waals surface area contributed by atoms with Crippen LogP contribution in [0.15, 0.2) is 12.2 Å². The van der Waals surface area contributed by atoms with Crippen molar-refractivity contribution in [2.45, 2.75) is 57.2 Å². The molecule has 88 valence electrons. The third kappa shape index (κ3) is 3.14. The van der Waals surface area contributed by atoms with E-state index < -0.39 is 20.5 Å². The molecule has 0 unspecified atom stereocenters. The van der Waals surface area contributed by atoms with Gasteiger partial charge >= 0.3 is 0 Å². The average Bonchev–Trinajstić information content (AvgIpc) is 2.07. The number of hydrogen-bond donors (Lipinski definition) is 2. The summed E-state index contributed by atoms with van der Waals surface area (Å²) < 4.78 is 5.91. The van der Waals surface area contributed by atoms with Crippen molar-refractivity contribution in [3.05, 3.63) is 12.2 Å². The number of aliphatic hydroxyl groups is 2. The Hall–Kier alpha value is -0.163. The Kier molecular flexibility index (Phi) is 4.11. The van der Waals surface area contributed by atoms with Gasteiger partial charge in [-0.05, 0) is 33.4 Å². The largest absolute Gasteiger partial charge is 0.414 e. The normalized spacial score (nSPS) is 32.3. The first-order valence-electron chi connectivity index (χ1n) is 5.55. The van der Waals surface area contributed by atoms with Gasteiger partial charge in [0.25, 0.3) is 0 Å². The zero-order valence-electron chi connectivity index (χ0n) is 9.97. The molecule has 0 aromatic heterocycles. The predicted octanol–water partition coefficient (Wildman–Crippen LogP) is 1.67. The third-order valence-electron chi connectivity index (χ3n) is 2.83. The van der Waals surface area contributed by atoms with E-state index in [-0.39, 0.29) is 11.6 Å². The Morgan fingerprint density at radius 1 is 1.33 bits per heavy atom. The van der Waals surface area contributed by atoms with E-state index in [0.717, 1.165) is 0 Å². The zero-order chi connectivity index (χ0) is 11.6. The molecule has 0 saturated carbocycles. The predicted molar refractivity (Wildman–Crippen MR) is 63.2 cm³/mol. The van der Waals surface area contributed by atoms with Crippen LogP contribution in [0.25, 0.3) is 0 Å². The van der Waals surface area contributed by atoms with Crippen LogP contribution >= 0.6 is 0 Å². The monoisotopic (exact) mass is 230 g/mol. The molecule has 0 aromatic rings. The van der Waals surface area contributed by atoms with E-state index in [1.807, 2.05) is 26.0 Å². The SMILES string of the molecule is CC(C)O[Si](C)(C)[C@@H]1C=CC[C@@H](O)[C@H]1O. The summed E-state index contributed by atoms with van der Waals surface area (Å²) in [5, 5.41) is 19.6. The number of aliphatic hydroxyl groups excluding tert-OH is 2. The van der Waals surface area contributed by atoms with Gasteiger partial charge in [0.15, 0.2) is 8.32 Å². The Labute approximate surface area is 92.9 Å². The van der Waals surface area contributed by atoms with Crippen molar-refractivity contribution < 1.29 is 14.6 Å². The second kappa shape index (κ2) is 4.78. The maximum atomic E-state index is 9.94. The van der Waals surface area contributed by atoms with Crippen LogP contribution in [0.1, 0.15) is 20.3 Å². The van der Waals surface area contributed by atoms with E-state index >= 15 is 0 Å². The Bertz CT molecular complexity index is 238. The molecule has 1 aliphatic rings. The molecular formula is C11H22O3Si. The molecular weight excluding hydrogens is 208 g/mol. The van der Waals surface area contributed by atoms with Crippen molar-refractivity contribution in [1.82, 2.24) is 0 Å². The molecule has 0 bridgehead atoms. The van der Waals surface area contributed by atoms with Crippen LogP contribution in [0.2, 0.25) is 18.6 Å². The summed E-state index contributed by atoms with van der Waals surface area (Å²) in [7, 11) is -1.97. The molecule has 0 heterocycles. The van der Waals surface area contributed by atoms with E-state index in [0.29, 0.717) is 6.42 Å². The minimum Gasteiger partial charge on any atom is -0.414 e. The van der Waals surface area contributed by atoms with Crippen molar-refractivity contribution in [2.24, 2.45) is 0 Å². The van der Waals surface area contributed by atoms with Gasteiger partial charge < -0.3 is 14.6 Å². The van der Waals surface area contributed by atoms with Crippen LogP contribution in [-0.2, 0) is 4.43 Å². The summed E-state index contributed by atoms with van der Waals surface area (Å²) in [5.74, 6) is 0. The molecule has 2 N–H and O–H groups in total. The van der Waals surface area contributed by atoms with Gasteiger partial charge in [0.05, 0.1) is 12.2 Å². The van der Waals surface area contributed by atoms with Crippen molar-refractivity contribution in [3.8, 4) is 0 Å². The van der Waals surface area contributed by atoms with Crippen molar-refractivity contribution in [1.29, 1.82) is 0 Å². The topological polar surface area (TPSA) is 49.7 Å². The molecule has 3 nitrogen and oxygen atoms in total. The highest BCUT2D eigenvalue weighted by molar-refractivity contribution is 6.73. The summed E-state index contributed by atoms with van der Waals surface area (Å²) in [4.78, 5) is 0. The van der Waals surface area contributed by atoms with Gasteiger partial charge in [0.1, 0.15) is 0 Å². The second-order valence-corrected chi connectivity index (χ2v) is 9.13. The van der Waals surface area contributed by atoms with Crippen LogP contribution in [0, 0.1) is 0 Å². The van der Waals surface area contributed by atoms with Gasteiger partial charge in [-0.15, -0.1) is 0 Å². The Balaban J connectivity index is 2.76. The number of hydrogen-bond acceptors (Lipinski definition) is 3. The molecule has 3 atom stereocenters. The third-order valence-corrected chi connectivity index (χ3v) is 6.04. The highest BCUT2D eigenvalue weighted by atomic mass is 28.4. The van der Waals surface area contributed by atoms with Gasteiger partial charge in [-0.25, -0.2) is 0 Å². The summed E-state index contributed by atoms with van der Waals surface area (Å²) in [6.45, 7) is 8.18. The lowest BCUT2D eigenvalue weighted by atomic mass is 10.0. The van der Waals surface area contributed by atoms with Crippen molar-refractivity contribution in [3.63, 3.8) is 0 Å². The summed E-state index contributed by atoms with van der Waals surface area (Å²) in [5.41, 5.74) is -0.0105. The first-order valence-corrected chi connectivity index (χ1v) is 8.54. The minimum atomic E-state index is -1.97. The fourth-order valence-corrected chi connectivity index (χ4v) is 5.20. The zero-order valence-corrected chi connectivity index (χ0v) is 11.0. The van der Waals surface area contributed by atoms with Gasteiger partial charge in [0.2, 0.25) is 0 Å². The molecule has 0 saturated heterocycles. The van der Waals surface area contributed by atoms with Crippen LogP contribution in [0.3, 0.4) is 0 Å². The average molecular weight is 230 g/mol. The fourth-order valence-electron chi connectivity index (χ4n) is 2.19. The van der Waals surface area contributed by atoms with Gasteiger partial charge in [0, 0.05) is 11.6 Å². The molecule has 0 fully saturated rings. The maximum Gasteiger partial charge on any atom is 0.196 e. The van der Waals surface area contributed by atoms with Crippen LogP contribution in [0.5, 0.6) is 0 Å². The standard InChI is InChI=1S/C11H22O3Si/c1-8(2)14-15(3,4)10-7-5-6-9(12)11(10)13/h5,7-13H,6H2,1-4H3/t9-,10-,11-/m1/s1. The smallest absolute Gasteiger partial charge is 0.196 e. The maximum absolute atomic E-state index is 9.94. The van der Waals surface area contributed by atoms with Gasteiger partial charge in [-0.3, -0.25) is 0 Å². The van der Waals surface area contributed by atoms with Crippen LogP contribution < -0.4 is 0 Å². The molecule has 0 aliphatic heterocycles. The summed E-state index contributed by atoms with van der Waals surface area (Å²) >= 11 is 0. The lowest BCUT2D eigenvalue weighted by Gasteiger charge is -2.38. The Morgan fingerprint density at radius 2 is 1.93 bits per heavy atom. The lowest BCUT2D eigenvalue weighted by Crippen LogP contribution is -2.48. The van der Waals surface area contributed by atoms with Crippen LogP contribution in [0.4, 0.5) is 0 Å². The summed E-state index contributed by atoms with van der Waals surface area (Å²) in [6, 6.07) is 0. The lowest BCUT2D eigenvalue weighted by molar-refractivity contribution is 0.0140. The molecule has 15 heavy (non-hydrogen) atoms. The van der Waals surface area contributed by atoms with Crippen molar-refractivity contribution >= 4 is 8.32 Å². The first kappa shape index (κ1) is 12.9. The highest BCUT2D eigenvalue weighted by Crippen LogP contribution is 2.34. The minimum absolute atomic E-state index is 0.0105. The van der Waals surface area contributed by atoms with E-state index in [9.17, 15) is 10.2 Å². The summed E-state index contributed by atoms with van der Waals surface area (Å²) in [6.07, 6.45) is 3.36. The molecule has 4 heteroatoms. The highest BCUT2D eigenvalue weighted by Gasteiger charge is 2.41. The first-order chi connectivity index (χ1) is 6.84. The van der Waals surface area contributed by atoms with E-state index in [1.54, 1.807) is 0 Å². The van der Waals surface area contributed by atoms with Gasteiger partial charge in [-0.1, -0.05) is 12.2 Å². The molecule has 0 aromatic carbocycles. The van der Waals surface area contributed by atoms with E-state index in [4.69, 9.17) is 4.43 Å². The quantitative estimate of drug-likeness (QED) is 0.573. The van der Waals surface area contributed by atoms with Crippen molar-refractivity contribution in [2.75, 3.05) is 0 Å². The Morgan fingerprint density at radius 3 is 2.47 bits per heavy atom.